The largest absolute Gasteiger partial charge is 0.507 e. The predicted molar refractivity (Wildman–Crippen MR) is 217 cm³/mol. The molecule has 16 nitrogen and oxygen atoms in total. The number of cyclic esters (lactones) is 2. The summed E-state index contributed by atoms with van der Waals surface area (Å²) in [5.41, 5.74) is -0.724. The normalized spacial score (nSPS) is 31.3. The monoisotopic (exact) mass is 836 g/mol. The summed E-state index contributed by atoms with van der Waals surface area (Å²) in [5.74, 6) is -4.61. The van der Waals surface area contributed by atoms with Crippen molar-refractivity contribution in [2.75, 3.05) is 40.4 Å². The number of benzene rings is 1. The molecule has 0 amide bonds. The van der Waals surface area contributed by atoms with Crippen LogP contribution in [0.1, 0.15) is 108 Å². The Hall–Kier alpha value is -3.80. The van der Waals surface area contributed by atoms with E-state index < -0.39 is 77.4 Å². The number of aromatic hydroxyl groups is 1. The molecule has 1 aromatic rings. The Labute approximate surface area is 348 Å². The maximum Gasteiger partial charge on any atom is 0.342 e. The highest BCUT2D eigenvalue weighted by Gasteiger charge is 2.48. The first-order valence-corrected chi connectivity index (χ1v) is 20.5. The minimum atomic E-state index is -1.84. The van der Waals surface area contributed by atoms with Crippen molar-refractivity contribution in [2.24, 2.45) is 17.8 Å². The van der Waals surface area contributed by atoms with E-state index in [2.05, 4.69) is 5.32 Å². The number of hydrogen-bond acceptors (Lipinski definition) is 16. The SMILES string of the molecule is CC[C@H]1OC(=O)[C@H](C)[C@@H](OC(=O)CNCCOC(=O)CC/C(C)=C/Cc2c(O)c3c(c(C)c2OC)COC3=O)[C@H](C)[C@@H](O)[C@](C)(O)C[C@@H](C)CN(C)[C@H](C)[C@@H](O)[C@]1(C)O. The van der Waals surface area contributed by atoms with Gasteiger partial charge in [0.1, 0.15) is 54.2 Å². The molecule has 2 aliphatic heterocycles. The maximum absolute atomic E-state index is 13.6. The van der Waals surface area contributed by atoms with Crippen molar-refractivity contribution in [1.29, 1.82) is 0 Å². The molecule has 1 saturated heterocycles. The maximum atomic E-state index is 13.6. The van der Waals surface area contributed by atoms with Gasteiger partial charge in [-0.15, -0.1) is 0 Å². The van der Waals surface area contributed by atoms with Gasteiger partial charge in [0.15, 0.2) is 0 Å². The first kappa shape index (κ1) is 49.6. The van der Waals surface area contributed by atoms with Crippen LogP contribution in [-0.2, 0) is 46.4 Å². The van der Waals surface area contributed by atoms with Crippen molar-refractivity contribution >= 4 is 23.9 Å². The van der Waals surface area contributed by atoms with Gasteiger partial charge in [-0.3, -0.25) is 14.4 Å². The second-order valence-electron chi connectivity index (χ2n) is 17.0. The molecule has 59 heavy (non-hydrogen) atoms. The van der Waals surface area contributed by atoms with Gasteiger partial charge >= 0.3 is 23.9 Å². The van der Waals surface area contributed by atoms with E-state index >= 15 is 0 Å². The lowest BCUT2D eigenvalue weighted by molar-refractivity contribution is -0.196. The highest BCUT2D eigenvalue weighted by Crippen LogP contribution is 2.42. The molecule has 2 heterocycles. The van der Waals surface area contributed by atoms with E-state index in [0.29, 0.717) is 29.8 Å². The van der Waals surface area contributed by atoms with Crippen molar-refractivity contribution in [2.45, 2.75) is 143 Å². The van der Waals surface area contributed by atoms with Crippen LogP contribution in [0.2, 0.25) is 0 Å². The Morgan fingerprint density at radius 2 is 1.71 bits per heavy atom. The fraction of sp³-hybridized carbons (Fsp3) is 0.721. The molecule has 0 unspecified atom stereocenters. The zero-order valence-corrected chi connectivity index (χ0v) is 36.6. The number of nitrogens with zero attached hydrogens (tertiary/aromatic N) is 1. The molecule has 0 bridgehead atoms. The summed E-state index contributed by atoms with van der Waals surface area (Å²) in [6.45, 7) is 15.1. The Balaban J connectivity index is 1.59. The average molecular weight is 837 g/mol. The number of carbonyl (C=O) groups excluding carboxylic acids is 4. The Bertz CT molecular complexity index is 1680. The Kier molecular flexibility index (Phi) is 17.8. The summed E-state index contributed by atoms with van der Waals surface area (Å²) < 4.78 is 27.5. The molecule has 6 N–H and O–H groups in total. The molecular weight excluding hydrogens is 768 g/mol. The van der Waals surface area contributed by atoms with Crippen molar-refractivity contribution in [3.8, 4) is 11.5 Å². The molecule has 334 valence electrons. The van der Waals surface area contributed by atoms with Gasteiger partial charge in [-0.05, 0) is 85.8 Å². The Morgan fingerprint density at radius 3 is 2.34 bits per heavy atom. The first-order chi connectivity index (χ1) is 27.5. The van der Waals surface area contributed by atoms with E-state index in [0.717, 1.165) is 11.1 Å². The number of aliphatic hydroxyl groups excluding tert-OH is 2. The predicted octanol–water partition coefficient (Wildman–Crippen LogP) is 2.87. The molecule has 1 aromatic carbocycles. The third-order valence-corrected chi connectivity index (χ3v) is 12.0. The molecule has 10 atom stereocenters. The summed E-state index contributed by atoms with van der Waals surface area (Å²) in [4.78, 5) is 53.3. The molecule has 3 rings (SSSR count). The number of esters is 4. The van der Waals surface area contributed by atoms with Crippen molar-refractivity contribution in [3.63, 3.8) is 0 Å². The highest BCUT2D eigenvalue weighted by atomic mass is 16.6. The lowest BCUT2D eigenvalue weighted by Crippen LogP contribution is -2.59. The summed E-state index contributed by atoms with van der Waals surface area (Å²) in [5, 5.41) is 59.4. The fourth-order valence-corrected chi connectivity index (χ4v) is 8.28. The number of rotatable bonds is 13. The number of aliphatic hydroxyl groups is 4. The summed E-state index contributed by atoms with van der Waals surface area (Å²) in [6.07, 6.45) is -2.24. The quantitative estimate of drug-likeness (QED) is 0.0726. The Morgan fingerprint density at radius 1 is 1.05 bits per heavy atom. The van der Waals surface area contributed by atoms with Crippen LogP contribution in [-0.4, -0.2) is 136 Å². The first-order valence-electron chi connectivity index (χ1n) is 20.5. The summed E-state index contributed by atoms with van der Waals surface area (Å²) >= 11 is 0. The van der Waals surface area contributed by atoms with Crippen molar-refractivity contribution in [3.05, 3.63) is 33.9 Å². The zero-order valence-electron chi connectivity index (χ0n) is 36.6. The van der Waals surface area contributed by atoms with Crippen LogP contribution < -0.4 is 10.1 Å². The molecule has 0 spiro atoms. The number of methoxy groups -OCH3 is 1. The standard InChI is InChI=1S/C43H68N2O14/c1-12-31-43(9,54)39(50)28(7)45(10)21-24(3)19-42(8,53)38(49)26(5)36(27(6)40(51)58-31)59-33(47)20-44-17-18-56-32(46)16-14-23(2)13-15-29-35(48)34-30(22-57-41(34)52)25(4)37(29)55-11/h13,24,26-28,31,36,38-39,44,48-50,53-54H,12,14-22H2,1-11H3/b23-13+/t24-,26+,27-,28-,31-,36+,38-,39-,42-,43-/m1/s1. The molecular formula is C43H68N2O14. The molecule has 16 heteroatoms. The molecule has 0 aliphatic carbocycles. The van der Waals surface area contributed by atoms with Gasteiger partial charge in [0.25, 0.3) is 0 Å². The summed E-state index contributed by atoms with van der Waals surface area (Å²) in [6, 6.07) is -0.558. The minimum Gasteiger partial charge on any atom is -0.507 e. The molecule has 0 radical (unpaired) electrons. The van der Waals surface area contributed by atoms with Crippen molar-refractivity contribution < 1.29 is 68.4 Å². The van der Waals surface area contributed by atoms with Gasteiger partial charge in [0.2, 0.25) is 0 Å². The van der Waals surface area contributed by atoms with E-state index in [-0.39, 0.29) is 69.2 Å². The number of nitrogens with one attached hydrogen (secondary N) is 1. The fourth-order valence-electron chi connectivity index (χ4n) is 8.28. The highest BCUT2D eigenvalue weighted by molar-refractivity contribution is 5.98. The van der Waals surface area contributed by atoms with E-state index in [1.165, 1.54) is 27.9 Å². The van der Waals surface area contributed by atoms with E-state index in [4.69, 9.17) is 23.7 Å². The number of fused-ring (bicyclic) bond motifs is 1. The molecule has 2 aliphatic rings. The number of hydrogen-bond donors (Lipinski definition) is 6. The van der Waals surface area contributed by atoms with Gasteiger partial charge in [-0.2, -0.15) is 0 Å². The van der Waals surface area contributed by atoms with E-state index in [1.807, 2.05) is 24.8 Å². The smallest absolute Gasteiger partial charge is 0.342 e. The molecule has 0 saturated carbocycles. The second-order valence-corrected chi connectivity index (χ2v) is 17.0. The third-order valence-electron chi connectivity index (χ3n) is 12.0. The van der Waals surface area contributed by atoms with Crippen LogP contribution in [0.25, 0.3) is 0 Å². The van der Waals surface area contributed by atoms with Crippen LogP contribution in [0.3, 0.4) is 0 Å². The second kappa shape index (κ2) is 21.1. The van der Waals surface area contributed by atoms with Crippen molar-refractivity contribution in [1.82, 2.24) is 10.2 Å². The summed E-state index contributed by atoms with van der Waals surface area (Å²) in [7, 11) is 3.27. The molecule has 1 fully saturated rings. The van der Waals surface area contributed by atoms with Crippen LogP contribution in [0.15, 0.2) is 11.6 Å². The van der Waals surface area contributed by atoms with E-state index in [1.54, 1.807) is 34.7 Å². The van der Waals surface area contributed by atoms with Gasteiger partial charge in [-0.25, -0.2) is 4.79 Å². The minimum absolute atomic E-state index is 0.0508. The third kappa shape index (κ3) is 12.2. The van der Waals surface area contributed by atoms with Crippen LogP contribution in [0.4, 0.5) is 0 Å². The number of allylic oxidation sites excluding steroid dienone is 2. The van der Waals surface area contributed by atoms with Gasteiger partial charge < -0.3 is 59.4 Å². The van der Waals surface area contributed by atoms with Crippen LogP contribution in [0.5, 0.6) is 11.5 Å². The topological polar surface area (TPSA) is 231 Å². The zero-order chi connectivity index (χ0) is 44.6. The van der Waals surface area contributed by atoms with Gasteiger partial charge in [0.05, 0.1) is 31.3 Å². The van der Waals surface area contributed by atoms with Gasteiger partial charge in [-0.1, -0.05) is 32.4 Å². The van der Waals surface area contributed by atoms with E-state index in [9.17, 15) is 44.7 Å². The number of phenols is 1. The molecule has 0 aromatic heterocycles. The number of likely N-dealkylation sites (N-methyl/N-ethyl adjacent to an activating group) is 1. The number of carbonyl (C=O) groups is 4. The van der Waals surface area contributed by atoms with Crippen LogP contribution >= 0.6 is 0 Å². The average Bonchev–Trinajstić information content (AvgIpc) is 3.57. The lowest BCUT2D eigenvalue weighted by Gasteiger charge is -2.42. The number of ether oxygens (including phenoxy) is 5. The van der Waals surface area contributed by atoms with Crippen LogP contribution in [0, 0.1) is 24.7 Å². The lowest BCUT2D eigenvalue weighted by atomic mass is 9.78. The van der Waals surface area contributed by atoms with Gasteiger partial charge in [0, 0.05) is 42.6 Å². The number of phenolic OH excluding ortho intramolecular Hbond substituents is 1.